The van der Waals surface area contributed by atoms with Crippen LogP contribution in [0.25, 0.3) is 20.7 Å². The highest BCUT2D eigenvalue weighted by Crippen LogP contribution is 2.40. The number of thiophene rings is 1. The molecule has 0 saturated carbocycles. The van der Waals surface area contributed by atoms with E-state index in [1.54, 1.807) is 29.4 Å². The lowest BCUT2D eigenvalue weighted by atomic mass is 10.2. The fraction of sp³-hybridized carbons (Fsp3) is 0.100. The smallest absolute Gasteiger partial charge is 0.128 e. The molecule has 0 unspecified atom stereocenters. The second-order valence-corrected chi connectivity index (χ2v) is 8.05. The molecule has 0 aliphatic rings. The van der Waals surface area contributed by atoms with Gasteiger partial charge in [0.25, 0.3) is 0 Å². The molecule has 2 aromatic carbocycles. The minimum Gasteiger partial charge on any atom is -0.229 e. The minimum atomic E-state index is -0.212. The van der Waals surface area contributed by atoms with Crippen molar-refractivity contribution in [3.05, 3.63) is 78.4 Å². The van der Waals surface area contributed by atoms with E-state index in [0.717, 1.165) is 20.8 Å². The Kier molecular flexibility index (Phi) is 4.51. The van der Waals surface area contributed by atoms with Gasteiger partial charge in [0.15, 0.2) is 0 Å². The molecule has 0 aliphatic heterocycles. The molecule has 0 amide bonds. The molecule has 0 aliphatic carbocycles. The third-order valence-electron chi connectivity index (χ3n) is 3.98. The molecule has 0 N–H and O–H groups in total. The average Bonchev–Trinajstić information content (AvgIpc) is 3.08. The largest absolute Gasteiger partial charge is 0.229 e. The normalized spacial score (nSPS) is 12.4. The number of aromatic nitrogens is 2. The van der Waals surface area contributed by atoms with E-state index in [2.05, 4.69) is 35.1 Å². The topological polar surface area (TPSA) is 25.8 Å². The van der Waals surface area contributed by atoms with Gasteiger partial charge in [-0.3, -0.25) is 0 Å². The number of thioether (sulfide) groups is 1. The molecule has 25 heavy (non-hydrogen) atoms. The summed E-state index contributed by atoms with van der Waals surface area (Å²) in [6.45, 7) is 2.11. The fourth-order valence-electron chi connectivity index (χ4n) is 2.64. The van der Waals surface area contributed by atoms with Gasteiger partial charge < -0.3 is 0 Å². The molecule has 1 atom stereocenters. The van der Waals surface area contributed by atoms with Gasteiger partial charge in [0.05, 0.1) is 0 Å². The first-order valence-corrected chi connectivity index (χ1v) is 9.62. The predicted octanol–water partition coefficient (Wildman–Crippen LogP) is 6.35. The summed E-state index contributed by atoms with van der Waals surface area (Å²) in [5, 5.41) is 2.21. The predicted molar refractivity (Wildman–Crippen MR) is 104 cm³/mol. The number of hydrogen-bond acceptors (Lipinski definition) is 4. The van der Waals surface area contributed by atoms with E-state index in [0.29, 0.717) is 0 Å². The Labute approximate surface area is 153 Å². The molecule has 0 radical (unpaired) electrons. The first-order valence-electron chi connectivity index (χ1n) is 7.93. The monoisotopic (exact) mass is 366 g/mol. The van der Waals surface area contributed by atoms with Crippen LogP contribution < -0.4 is 0 Å². The van der Waals surface area contributed by atoms with Gasteiger partial charge in [-0.2, -0.15) is 0 Å². The third-order valence-corrected chi connectivity index (χ3v) is 6.25. The number of nitrogens with zero attached hydrogens (tertiary/aromatic N) is 2. The van der Waals surface area contributed by atoms with Crippen molar-refractivity contribution in [2.75, 3.05) is 0 Å². The van der Waals surface area contributed by atoms with Crippen molar-refractivity contribution in [3.63, 3.8) is 0 Å². The lowest BCUT2D eigenvalue weighted by Gasteiger charge is -2.11. The molecule has 5 heteroatoms. The standard InChI is InChI=1S/C20H15FN2S2/c1-13(14-7-9-16(21)10-8-14)24-19-17-11-18(15-5-3-2-4-6-15)25-20(17)23-12-22-19/h2-13H,1H3/t13-/m1/s1. The maximum absolute atomic E-state index is 13.1. The Morgan fingerprint density at radius 1 is 1.00 bits per heavy atom. The van der Waals surface area contributed by atoms with Gasteiger partial charge in [0.2, 0.25) is 0 Å². The van der Waals surface area contributed by atoms with Crippen LogP contribution in [0, 0.1) is 5.82 Å². The van der Waals surface area contributed by atoms with Crippen LogP contribution in [-0.4, -0.2) is 9.97 Å². The van der Waals surface area contributed by atoms with Crippen LogP contribution in [-0.2, 0) is 0 Å². The Morgan fingerprint density at radius 2 is 1.76 bits per heavy atom. The van der Waals surface area contributed by atoms with Crippen molar-refractivity contribution in [2.45, 2.75) is 17.2 Å². The minimum absolute atomic E-state index is 0.179. The summed E-state index contributed by atoms with van der Waals surface area (Å²) in [6.07, 6.45) is 1.62. The van der Waals surface area contributed by atoms with Crippen LogP contribution in [0.15, 0.2) is 72.0 Å². The van der Waals surface area contributed by atoms with Gasteiger partial charge in [0.1, 0.15) is 22.0 Å². The van der Waals surface area contributed by atoms with Crippen molar-refractivity contribution in [1.82, 2.24) is 9.97 Å². The molecule has 2 nitrogen and oxygen atoms in total. The van der Waals surface area contributed by atoms with E-state index in [9.17, 15) is 4.39 Å². The summed E-state index contributed by atoms with van der Waals surface area (Å²) in [6, 6.07) is 19.1. The second kappa shape index (κ2) is 6.94. The van der Waals surface area contributed by atoms with Gasteiger partial charge in [-0.05, 0) is 36.2 Å². The molecule has 0 fully saturated rings. The molecular formula is C20H15FN2S2. The van der Waals surface area contributed by atoms with Crippen LogP contribution in [0.4, 0.5) is 4.39 Å². The summed E-state index contributed by atoms with van der Waals surface area (Å²) in [4.78, 5) is 11.1. The summed E-state index contributed by atoms with van der Waals surface area (Å²) in [5.41, 5.74) is 2.27. The molecule has 2 aromatic heterocycles. The first kappa shape index (κ1) is 16.2. The van der Waals surface area contributed by atoms with E-state index >= 15 is 0 Å². The molecule has 2 heterocycles. The Bertz CT molecular complexity index is 997. The van der Waals surface area contributed by atoms with Crippen molar-refractivity contribution in [1.29, 1.82) is 0 Å². The zero-order valence-electron chi connectivity index (χ0n) is 13.5. The van der Waals surface area contributed by atoms with Crippen LogP contribution >= 0.6 is 23.1 Å². The molecule has 0 saturated heterocycles. The van der Waals surface area contributed by atoms with Gasteiger partial charge in [-0.15, -0.1) is 11.3 Å². The van der Waals surface area contributed by atoms with Crippen molar-refractivity contribution in [2.24, 2.45) is 0 Å². The number of fused-ring (bicyclic) bond motifs is 1. The Balaban J connectivity index is 1.68. The quantitative estimate of drug-likeness (QED) is 0.311. The van der Waals surface area contributed by atoms with Crippen LogP contribution in [0.5, 0.6) is 0 Å². The lowest BCUT2D eigenvalue weighted by molar-refractivity contribution is 0.627. The van der Waals surface area contributed by atoms with E-state index in [1.807, 2.05) is 30.3 Å². The van der Waals surface area contributed by atoms with Gasteiger partial charge >= 0.3 is 0 Å². The van der Waals surface area contributed by atoms with E-state index in [4.69, 9.17) is 0 Å². The molecule has 0 bridgehead atoms. The molecule has 124 valence electrons. The molecule has 4 rings (SSSR count). The number of rotatable bonds is 4. The van der Waals surface area contributed by atoms with Crippen LogP contribution in [0.2, 0.25) is 0 Å². The summed E-state index contributed by atoms with van der Waals surface area (Å²) in [5.74, 6) is -0.212. The third kappa shape index (κ3) is 3.43. The molecule has 0 spiro atoms. The zero-order valence-corrected chi connectivity index (χ0v) is 15.2. The summed E-state index contributed by atoms with van der Waals surface area (Å²) < 4.78 is 13.1. The van der Waals surface area contributed by atoms with Gasteiger partial charge in [-0.1, -0.05) is 54.2 Å². The SMILES string of the molecule is C[C@@H](Sc1ncnc2sc(-c3ccccc3)cc12)c1ccc(F)cc1. The highest BCUT2D eigenvalue weighted by molar-refractivity contribution is 7.99. The van der Waals surface area contributed by atoms with Gasteiger partial charge in [0, 0.05) is 15.5 Å². The maximum Gasteiger partial charge on any atom is 0.128 e. The Hall–Kier alpha value is -2.24. The van der Waals surface area contributed by atoms with Crippen molar-refractivity contribution < 1.29 is 4.39 Å². The highest BCUT2D eigenvalue weighted by atomic mass is 32.2. The first-order chi connectivity index (χ1) is 12.2. The lowest BCUT2D eigenvalue weighted by Crippen LogP contribution is -1.91. The highest BCUT2D eigenvalue weighted by Gasteiger charge is 2.14. The average molecular weight is 366 g/mol. The van der Waals surface area contributed by atoms with Crippen molar-refractivity contribution in [3.8, 4) is 10.4 Å². The number of benzene rings is 2. The maximum atomic E-state index is 13.1. The van der Waals surface area contributed by atoms with Crippen LogP contribution in [0.1, 0.15) is 17.7 Å². The second-order valence-electron chi connectivity index (χ2n) is 5.69. The summed E-state index contributed by atoms with van der Waals surface area (Å²) in [7, 11) is 0. The number of halogens is 1. The van der Waals surface area contributed by atoms with Crippen LogP contribution in [0.3, 0.4) is 0 Å². The van der Waals surface area contributed by atoms with Crippen molar-refractivity contribution >= 4 is 33.3 Å². The van der Waals surface area contributed by atoms with E-state index < -0.39 is 0 Å². The Morgan fingerprint density at radius 3 is 2.52 bits per heavy atom. The zero-order chi connectivity index (χ0) is 17.2. The number of hydrogen-bond donors (Lipinski definition) is 0. The van der Waals surface area contributed by atoms with E-state index in [-0.39, 0.29) is 11.1 Å². The van der Waals surface area contributed by atoms with Gasteiger partial charge in [-0.25, -0.2) is 14.4 Å². The summed E-state index contributed by atoms with van der Waals surface area (Å²) >= 11 is 3.35. The van der Waals surface area contributed by atoms with E-state index in [1.165, 1.54) is 22.6 Å². The molecule has 4 aromatic rings. The molecular weight excluding hydrogens is 351 g/mol. The fourth-order valence-corrected chi connectivity index (χ4v) is 4.73.